The molecule has 0 aliphatic carbocycles. The number of nitrogens with zero attached hydrogens (tertiary/aromatic N) is 2. The van der Waals surface area contributed by atoms with Crippen molar-refractivity contribution in [2.45, 2.75) is 18.4 Å². The summed E-state index contributed by atoms with van der Waals surface area (Å²) in [6.07, 6.45) is 1.23. The summed E-state index contributed by atoms with van der Waals surface area (Å²) in [5.41, 5.74) is 1.88. The van der Waals surface area contributed by atoms with Crippen LogP contribution in [0, 0.1) is 0 Å². The molecule has 1 saturated heterocycles. The summed E-state index contributed by atoms with van der Waals surface area (Å²) in [5.74, 6) is -0.301. The van der Waals surface area contributed by atoms with Gasteiger partial charge in [0.25, 0.3) is 5.91 Å². The molecule has 2 aliphatic heterocycles. The normalized spacial score (nSPS) is 18.2. The van der Waals surface area contributed by atoms with Crippen molar-refractivity contribution in [3.8, 4) is 0 Å². The Labute approximate surface area is 154 Å². The highest BCUT2D eigenvalue weighted by atomic mass is 32.1. The fourth-order valence-corrected chi connectivity index (χ4v) is 4.82. The average molecular weight is 364 g/mol. The number of benzene rings is 2. The van der Waals surface area contributed by atoms with Crippen molar-refractivity contribution in [1.29, 1.82) is 0 Å². The number of carbonyl (C=O) groups excluding carboxylic acids is 2. The second-order valence-corrected chi connectivity index (χ2v) is 7.74. The van der Waals surface area contributed by atoms with E-state index in [0.29, 0.717) is 36.5 Å². The summed E-state index contributed by atoms with van der Waals surface area (Å²) in [6, 6.07) is 15.3. The molecule has 5 nitrogen and oxygen atoms in total. The maximum absolute atomic E-state index is 12.8. The number of likely N-dealkylation sites (tertiary alicyclic amines) is 1. The number of thiazole rings is 1. The average Bonchev–Trinajstić information content (AvgIpc) is 3.22. The molecule has 0 bridgehead atoms. The van der Waals surface area contributed by atoms with Crippen molar-refractivity contribution in [3.05, 3.63) is 64.7 Å². The number of piperidine rings is 1. The molecule has 0 saturated carbocycles. The summed E-state index contributed by atoms with van der Waals surface area (Å²) in [4.78, 5) is 31.3. The predicted molar refractivity (Wildman–Crippen MR) is 98.3 cm³/mol. The van der Waals surface area contributed by atoms with E-state index >= 15 is 0 Å². The molecule has 0 radical (unpaired) electrons. The summed E-state index contributed by atoms with van der Waals surface area (Å²) in [5, 5.41) is 0.519. The highest BCUT2D eigenvalue weighted by Gasteiger charge is 2.47. The van der Waals surface area contributed by atoms with Crippen LogP contribution in [0.5, 0.6) is 0 Å². The lowest BCUT2D eigenvalue weighted by molar-refractivity contribution is -0.0389. The standard InChI is InChI=1S/C20H16N2O3S/c23-18(17-21-15-7-3-4-8-16(15)26-17)22-11-9-20(10-12-22)14-6-2-1-5-13(14)19(24)25-20/h1-8H,9-12H2. The van der Waals surface area contributed by atoms with Crippen LogP contribution in [0.1, 0.15) is 38.6 Å². The summed E-state index contributed by atoms with van der Waals surface area (Å²) >= 11 is 1.42. The Morgan fingerprint density at radius 3 is 2.62 bits per heavy atom. The third kappa shape index (κ3) is 2.25. The molecule has 26 heavy (non-hydrogen) atoms. The van der Waals surface area contributed by atoms with Gasteiger partial charge in [-0.1, -0.05) is 30.3 Å². The molecule has 2 aromatic carbocycles. The maximum Gasteiger partial charge on any atom is 0.339 e. The molecule has 1 spiro atoms. The molecule has 0 unspecified atom stereocenters. The van der Waals surface area contributed by atoms with Gasteiger partial charge in [0.05, 0.1) is 15.8 Å². The minimum Gasteiger partial charge on any atom is -0.450 e. The molecule has 130 valence electrons. The van der Waals surface area contributed by atoms with Gasteiger partial charge in [-0.25, -0.2) is 9.78 Å². The Morgan fingerprint density at radius 1 is 1.08 bits per heavy atom. The number of fused-ring (bicyclic) bond motifs is 3. The van der Waals surface area contributed by atoms with Gasteiger partial charge in [-0.2, -0.15) is 0 Å². The molecule has 5 rings (SSSR count). The van der Waals surface area contributed by atoms with Crippen LogP contribution in [0.15, 0.2) is 48.5 Å². The predicted octanol–water partition coefficient (Wildman–Crippen LogP) is 3.60. The van der Waals surface area contributed by atoms with Crippen molar-refractivity contribution in [2.75, 3.05) is 13.1 Å². The van der Waals surface area contributed by atoms with Crippen LogP contribution >= 0.6 is 11.3 Å². The zero-order valence-electron chi connectivity index (χ0n) is 14.0. The van der Waals surface area contributed by atoms with E-state index in [1.165, 1.54) is 11.3 Å². The van der Waals surface area contributed by atoms with Gasteiger partial charge in [0.1, 0.15) is 5.60 Å². The number of amides is 1. The van der Waals surface area contributed by atoms with E-state index in [1.807, 2.05) is 53.4 Å². The first-order valence-corrected chi connectivity index (χ1v) is 9.46. The summed E-state index contributed by atoms with van der Waals surface area (Å²) < 4.78 is 6.77. The van der Waals surface area contributed by atoms with E-state index in [4.69, 9.17) is 4.74 Å². The third-order valence-electron chi connectivity index (χ3n) is 5.26. The van der Waals surface area contributed by atoms with Crippen molar-refractivity contribution in [1.82, 2.24) is 9.88 Å². The Morgan fingerprint density at radius 2 is 1.81 bits per heavy atom. The molecule has 3 aromatic rings. The van der Waals surface area contributed by atoms with Crippen molar-refractivity contribution in [3.63, 3.8) is 0 Å². The number of hydrogen-bond acceptors (Lipinski definition) is 5. The van der Waals surface area contributed by atoms with Crippen molar-refractivity contribution in [2.24, 2.45) is 0 Å². The molecule has 0 atom stereocenters. The van der Waals surface area contributed by atoms with Gasteiger partial charge in [0.2, 0.25) is 0 Å². The van der Waals surface area contributed by atoms with Gasteiger partial charge in [0, 0.05) is 31.5 Å². The summed E-state index contributed by atoms with van der Waals surface area (Å²) in [6.45, 7) is 1.10. The zero-order chi connectivity index (χ0) is 17.7. The molecular weight excluding hydrogens is 348 g/mol. The van der Waals surface area contributed by atoms with Gasteiger partial charge in [-0.15, -0.1) is 11.3 Å². The number of para-hydroxylation sites is 1. The van der Waals surface area contributed by atoms with Crippen LogP contribution in [0.3, 0.4) is 0 Å². The number of rotatable bonds is 1. The molecular formula is C20H16N2O3S. The minimum atomic E-state index is -0.585. The number of esters is 1. The van der Waals surface area contributed by atoms with Crippen LogP contribution in [-0.2, 0) is 10.3 Å². The quantitative estimate of drug-likeness (QED) is 0.619. The molecule has 0 N–H and O–H groups in total. The Bertz CT molecular complexity index is 1000. The largest absolute Gasteiger partial charge is 0.450 e. The van der Waals surface area contributed by atoms with E-state index < -0.39 is 5.60 Å². The highest BCUT2D eigenvalue weighted by molar-refractivity contribution is 7.20. The van der Waals surface area contributed by atoms with Crippen LogP contribution in [0.4, 0.5) is 0 Å². The van der Waals surface area contributed by atoms with E-state index in [-0.39, 0.29) is 11.9 Å². The topological polar surface area (TPSA) is 59.5 Å². The van der Waals surface area contributed by atoms with Gasteiger partial charge in [-0.05, 0) is 18.2 Å². The second-order valence-electron chi connectivity index (χ2n) is 6.71. The lowest BCUT2D eigenvalue weighted by Gasteiger charge is -2.38. The first-order chi connectivity index (χ1) is 12.7. The first-order valence-electron chi connectivity index (χ1n) is 8.64. The SMILES string of the molecule is O=C1OC2(CCN(C(=O)c3nc4ccccc4s3)CC2)c2ccccc21. The Hall–Kier alpha value is -2.73. The van der Waals surface area contributed by atoms with Gasteiger partial charge >= 0.3 is 5.97 Å². The lowest BCUT2D eigenvalue weighted by atomic mass is 9.84. The highest BCUT2D eigenvalue weighted by Crippen LogP contribution is 2.44. The number of aromatic nitrogens is 1. The molecule has 2 aliphatic rings. The fraction of sp³-hybridized carbons (Fsp3) is 0.250. The third-order valence-corrected chi connectivity index (χ3v) is 6.29. The van der Waals surface area contributed by atoms with Gasteiger partial charge in [-0.3, -0.25) is 4.79 Å². The summed E-state index contributed by atoms with van der Waals surface area (Å²) in [7, 11) is 0. The minimum absolute atomic E-state index is 0.0429. The smallest absolute Gasteiger partial charge is 0.339 e. The fourth-order valence-electron chi connectivity index (χ4n) is 3.89. The zero-order valence-corrected chi connectivity index (χ0v) is 14.8. The van der Waals surface area contributed by atoms with Crippen LogP contribution in [0.25, 0.3) is 10.2 Å². The van der Waals surface area contributed by atoms with E-state index in [0.717, 1.165) is 15.8 Å². The second kappa shape index (κ2) is 5.64. The monoisotopic (exact) mass is 364 g/mol. The molecule has 1 amide bonds. The van der Waals surface area contributed by atoms with Crippen LogP contribution in [-0.4, -0.2) is 34.8 Å². The van der Waals surface area contributed by atoms with Gasteiger partial charge < -0.3 is 9.64 Å². The number of ether oxygens (including phenoxy) is 1. The molecule has 3 heterocycles. The maximum atomic E-state index is 12.8. The van der Waals surface area contributed by atoms with Gasteiger partial charge in [0.15, 0.2) is 5.01 Å². The van der Waals surface area contributed by atoms with E-state index in [1.54, 1.807) is 0 Å². The number of carbonyl (C=O) groups is 2. The Balaban J connectivity index is 1.37. The molecule has 1 fully saturated rings. The lowest BCUT2D eigenvalue weighted by Crippen LogP contribution is -2.45. The van der Waals surface area contributed by atoms with E-state index in [9.17, 15) is 9.59 Å². The van der Waals surface area contributed by atoms with Crippen molar-refractivity contribution < 1.29 is 14.3 Å². The van der Waals surface area contributed by atoms with Crippen molar-refractivity contribution >= 4 is 33.4 Å². The van der Waals surface area contributed by atoms with Crippen LogP contribution in [0.2, 0.25) is 0 Å². The molecule has 6 heteroatoms. The Kier molecular flexibility index (Phi) is 3.37. The molecule has 1 aromatic heterocycles. The van der Waals surface area contributed by atoms with E-state index in [2.05, 4.69) is 4.98 Å². The number of hydrogen-bond donors (Lipinski definition) is 0. The van der Waals surface area contributed by atoms with Crippen LogP contribution < -0.4 is 0 Å². The first kappa shape index (κ1) is 15.5.